The van der Waals surface area contributed by atoms with Crippen molar-refractivity contribution in [1.29, 1.82) is 0 Å². The number of allylic oxidation sites excluding steroid dienone is 1. The Morgan fingerprint density at radius 1 is 1.20 bits per heavy atom. The number of ether oxygens (including phenoxy) is 1. The lowest BCUT2D eigenvalue weighted by molar-refractivity contribution is -0.139. The van der Waals surface area contributed by atoms with Gasteiger partial charge in [-0.1, -0.05) is 48.5 Å². The molecule has 2 aromatic rings. The molecule has 2 aromatic carbocycles. The fourth-order valence-electron chi connectivity index (χ4n) is 2.74. The Morgan fingerprint density at radius 3 is 2.75 bits per heavy atom. The molecule has 0 saturated carbocycles. The molecule has 1 aliphatic heterocycles. The van der Waals surface area contributed by atoms with Gasteiger partial charge in [0.05, 0.1) is 0 Å². The number of hydrogen-bond donors (Lipinski definition) is 0. The second-order valence-corrected chi connectivity index (χ2v) is 5.00. The second-order valence-electron chi connectivity index (χ2n) is 5.00. The van der Waals surface area contributed by atoms with Crippen molar-refractivity contribution >= 4 is 16.7 Å². The minimum absolute atomic E-state index is 0.222. The molecule has 0 fully saturated rings. The van der Waals surface area contributed by atoms with Crippen LogP contribution in [0.1, 0.15) is 25.0 Å². The normalized spacial score (nSPS) is 18.4. The fourth-order valence-corrected chi connectivity index (χ4v) is 2.74. The summed E-state index contributed by atoms with van der Waals surface area (Å²) in [5.41, 5.74) is 2.77. The van der Waals surface area contributed by atoms with Gasteiger partial charge in [0, 0.05) is 11.1 Å². The van der Waals surface area contributed by atoms with Crippen LogP contribution < -0.4 is 0 Å². The van der Waals surface area contributed by atoms with Crippen molar-refractivity contribution in [2.75, 3.05) is 0 Å². The molecule has 0 amide bonds. The third kappa shape index (κ3) is 1.94. The smallest absolute Gasteiger partial charge is 0.334 e. The fraction of sp³-hybridized carbons (Fsp3) is 0.167. The molecule has 0 saturated heterocycles. The van der Waals surface area contributed by atoms with Crippen LogP contribution in [0.5, 0.6) is 0 Å². The molecule has 3 rings (SSSR count). The van der Waals surface area contributed by atoms with Crippen molar-refractivity contribution in [3.63, 3.8) is 0 Å². The number of esters is 1. The van der Waals surface area contributed by atoms with Crippen LogP contribution in [0.2, 0.25) is 0 Å². The first kappa shape index (κ1) is 12.7. The summed E-state index contributed by atoms with van der Waals surface area (Å²) in [6, 6.07) is 14.3. The van der Waals surface area contributed by atoms with Gasteiger partial charge in [-0.15, -0.1) is 6.58 Å². The Labute approximate surface area is 118 Å². The molecule has 0 bridgehead atoms. The van der Waals surface area contributed by atoms with Crippen LogP contribution >= 0.6 is 0 Å². The van der Waals surface area contributed by atoms with E-state index in [-0.39, 0.29) is 12.1 Å². The van der Waals surface area contributed by atoms with Gasteiger partial charge in [0.25, 0.3) is 0 Å². The average molecular weight is 264 g/mol. The van der Waals surface area contributed by atoms with Crippen molar-refractivity contribution in [1.82, 2.24) is 0 Å². The van der Waals surface area contributed by atoms with Crippen molar-refractivity contribution in [2.45, 2.75) is 19.4 Å². The first-order chi connectivity index (χ1) is 9.72. The van der Waals surface area contributed by atoms with Crippen molar-refractivity contribution in [3.05, 3.63) is 71.8 Å². The summed E-state index contributed by atoms with van der Waals surface area (Å²) >= 11 is 0. The molecule has 0 aliphatic carbocycles. The summed E-state index contributed by atoms with van der Waals surface area (Å²) in [5, 5.41) is 2.28. The van der Waals surface area contributed by atoms with E-state index in [1.807, 2.05) is 37.3 Å². The third-order valence-electron chi connectivity index (χ3n) is 3.80. The van der Waals surface area contributed by atoms with E-state index in [1.165, 1.54) is 0 Å². The van der Waals surface area contributed by atoms with Crippen LogP contribution in [0.3, 0.4) is 0 Å². The van der Waals surface area contributed by atoms with Gasteiger partial charge in [-0.25, -0.2) is 4.79 Å². The predicted octanol–water partition coefficient (Wildman–Crippen LogP) is 4.33. The monoisotopic (exact) mass is 264 g/mol. The lowest BCUT2D eigenvalue weighted by Gasteiger charge is -2.16. The number of cyclic esters (lactones) is 1. The Kier molecular flexibility index (Phi) is 3.15. The zero-order valence-corrected chi connectivity index (χ0v) is 11.4. The van der Waals surface area contributed by atoms with Crippen LogP contribution in [-0.4, -0.2) is 5.97 Å². The maximum absolute atomic E-state index is 11.9. The minimum Gasteiger partial charge on any atom is -0.449 e. The van der Waals surface area contributed by atoms with Crippen molar-refractivity contribution < 1.29 is 9.53 Å². The molecule has 0 spiro atoms. The van der Waals surface area contributed by atoms with Gasteiger partial charge >= 0.3 is 5.97 Å². The second kappa shape index (κ2) is 4.97. The van der Waals surface area contributed by atoms with Gasteiger partial charge in [-0.05, 0) is 29.7 Å². The summed E-state index contributed by atoms with van der Waals surface area (Å²) in [6.45, 7) is 5.60. The third-order valence-corrected chi connectivity index (χ3v) is 3.80. The lowest BCUT2D eigenvalue weighted by Crippen LogP contribution is -2.04. The zero-order chi connectivity index (χ0) is 14.1. The summed E-state index contributed by atoms with van der Waals surface area (Å²) in [6.07, 6.45) is 2.20. The van der Waals surface area contributed by atoms with Gasteiger partial charge in [-0.3, -0.25) is 0 Å². The van der Waals surface area contributed by atoms with Crippen LogP contribution in [0.25, 0.3) is 10.8 Å². The van der Waals surface area contributed by atoms with Gasteiger partial charge in [0.1, 0.15) is 0 Å². The van der Waals surface area contributed by atoms with Crippen LogP contribution in [-0.2, 0) is 9.53 Å². The van der Waals surface area contributed by atoms with E-state index in [0.29, 0.717) is 12.0 Å². The van der Waals surface area contributed by atoms with Gasteiger partial charge in [0.2, 0.25) is 0 Å². The SMILES string of the molecule is C=CCC1=C(C)C(=O)O[C@@H]1c1cccc2ccccc12. The van der Waals surface area contributed by atoms with Crippen molar-refractivity contribution in [2.24, 2.45) is 0 Å². The van der Waals surface area contributed by atoms with Crippen LogP contribution in [0, 0.1) is 0 Å². The van der Waals surface area contributed by atoms with Gasteiger partial charge < -0.3 is 4.74 Å². The van der Waals surface area contributed by atoms with E-state index in [0.717, 1.165) is 21.9 Å². The molecule has 20 heavy (non-hydrogen) atoms. The number of carbonyl (C=O) groups is 1. The molecule has 100 valence electrons. The molecular formula is C18H16O2. The maximum atomic E-state index is 11.9. The van der Waals surface area contributed by atoms with Crippen LogP contribution in [0.15, 0.2) is 66.3 Å². The highest BCUT2D eigenvalue weighted by Gasteiger charge is 2.32. The number of rotatable bonds is 3. The number of carbonyl (C=O) groups excluding carboxylic acids is 1. The maximum Gasteiger partial charge on any atom is 0.334 e. The largest absolute Gasteiger partial charge is 0.449 e. The summed E-state index contributed by atoms with van der Waals surface area (Å²) < 4.78 is 5.57. The molecule has 1 heterocycles. The Balaban J connectivity index is 2.16. The summed E-state index contributed by atoms with van der Waals surface area (Å²) in [4.78, 5) is 11.9. The highest BCUT2D eigenvalue weighted by Crippen LogP contribution is 2.39. The van der Waals surface area contributed by atoms with E-state index in [9.17, 15) is 4.79 Å². The number of benzene rings is 2. The van der Waals surface area contributed by atoms with E-state index in [2.05, 4.69) is 24.8 Å². The Hall–Kier alpha value is -2.35. The zero-order valence-electron chi connectivity index (χ0n) is 11.4. The summed E-state index contributed by atoms with van der Waals surface area (Å²) in [7, 11) is 0. The number of hydrogen-bond acceptors (Lipinski definition) is 2. The molecule has 1 aliphatic rings. The van der Waals surface area contributed by atoms with Crippen molar-refractivity contribution in [3.8, 4) is 0 Å². The molecule has 0 unspecified atom stereocenters. The molecule has 0 N–H and O–H groups in total. The van der Waals surface area contributed by atoms with Crippen LogP contribution in [0.4, 0.5) is 0 Å². The standard InChI is InChI=1S/C18H16O2/c1-3-7-14-12(2)18(19)20-17(14)16-11-6-9-13-8-4-5-10-15(13)16/h3-6,8-11,17H,1,7H2,2H3/t17-/m0/s1. The molecule has 2 heteroatoms. The van der Waals surface area contributed by atoms with E-state index < -0.39 is 0 Å². The van der Waals surface area contributed by atoms with Gasteiger partial charge in [-0.2, -0.15) is 0 Å². The molecule has 2 nitrogen and oxygen atoms in total. The van der Waals surface area contributed by atoms with E-state index in [1.54, 1.807) is 0 Å². The van der Waals surface area contributed by atoms with Gasteiger partial charge in [0.15, 0.2) is 6.10 Å². The molecule has 1 atom stereocenters. The Bertz CT molecular complexity index is 720. The highest BCUT2D eigenvalue weighted by molar-refractivity contribution is 5.93. The molecule has 0 radical (unpaired) electrons. The quantitative estimate of drug-likeness (QED) is 0.609. The summed E-state index contributed by atoms with van der Waals surface area (Å²) in [5.74, 6) is -0.222. The predicted molar refractivity (Wildman–Crippen MR) is 80.3 cm³/mol. The highest BCUT2D eigenvalue weighted by atomic mass is 16.5. The minimum atomic E-state index is -0.286. The molecule has 0 aromatic heterocycles. The molecular weight excluding hydrogens is 248 g/mol. The lowest BCUT2D eigenvalue weighted by atomic mass is 9.93. The first-order valence-corrected chi connectivity index (χ1v) is 6.71. The average Bonchev–Trinajstić information content (AvgIpc) is 2.75. The van der Waals surface area contributed by atoms with E-state index in [4.69, 9.17) is 4.74 Å². The van der Waals surface area contributed by atoms with E-state index >= 15 is 0 Å². The number of fused-ring (bicyclic) bond motifs is 1. The first-order valence-electron chi connectivity index (χ1n) is 6.71. The topological polar surface area (TPSA) is 26.3 Å². The Morgan fingerprint density at radius 2 is 1.95 bits per heavy atom.